The van der Waals surface area contributed by atoms with E-state index in [1.807, 2.05) is 12.1 Å². The van der Waals surface area contributed by atoms with Gasteiger partial charge in [0.2, 0.25) is 0 Å². The summed E-state index contributed by atoms with van der Waals surface area (Å²) >= 11 is 1.45. The lowest BCUT2D eigenvalue weighted by Gasteiger charge is -2.31. The van der Waals surface area contributed by atoms with Crippen molar-refractivity contribution in [3.8, 4) is 5.75 Å². The molecule has 88 valence electrons. The van der Waals surface area contributed by atoms with Crippen LogP contribution in [0.4, 0.5) is 4.79 Å². The number of carboxylic acid groups (broad SMARTS) is 1. The van der Waals surface area contributed by atoms with Crippen LogP contribution in [-0.2, 0) is 4.79 Å². The molecule has 2 aliphatic heterocycles. The van der Waals surface area contributed by atoms with Crippen molar-refractivity contribution in [1.82, 2.24) is 4.90 Å². The summed E-state index contributed by atoms with van der Waals surface area (Å²) in [5, 5.41) is 8.81. The van der Waals surface area contributed by atoms with Crippen LogP contribution in [0.15, 0.2) is 24.3 Å². The van der Waals surface area contributed by atoms with Crippen LogP contribution in [0.25, 0.3) is 0 Å². The van der Waals surface area contributed by atoms with Gasteiger partial charge in [-0.05, 0) is 6.07 Å². The maximum atomic E-state index is 11.8. The van der Waals surface area contributed by atoms with Crippen molar-refractivity contribution in [2.24, 2.45) is 0 Å². The molecule has 1 saturated heterocycles. The summed E-state index contributed by atoms with van der Waals surface area (Å²) in [5.74, 6) is -0.0719. The number of thioether (sulfide) groups is 1. The van der Waals surface area contributed by atoms with Crippen molar-refractivity contribution in [1.29, 1.82) is 0 Å². The minimum absolute atomic E-state index is 0.242. The lowest BCUT2D eigenvalue weighted by molar-refractivity contribution is -0.141. The molecular weight excluding hydrogens is 242 g/mol. The predicted octanol–water partition coefficient (Wildman–Crippen LogP) is 1.70. The fourth-order valence-electron chi connectivity index (χ4n) is 2.08. The predicted molar refractivity (Wildman–Crippen MR) is 60.9 cm³/mol. The van der Waals surface area contributed by atoms with E-state index in [0.29, 0.717) is 11.5 Å². The fourth-order valence-corrected chi connectivity index (χ4v) is 3.52. The van der Waals surface area contributed by atoms with Crippen LogP contribution >= 0.6 is 11.8 Å². The van der Waals surface area contributed by atoms with E-state index in [-0.39, 0.29) is 5.37 Å². The number of benzene rings is 1. The van der Waals surface area contributed by atoms with Crippen molar-refractivity contribution < 1.29 is 19.4 Å². The third kappa shape index (κ3) is 1.48. The van der Waals surface area contributed by atoms with E-state index in [0.717, 1.165) is 5.56 Å². The molecule has 17 heavy (non-hydrogen) atoms. The molecule has 2 heterocycles. The third-order valence-corrected chi connectivity index (χ3v) is 4.18. The molecule has 0 spiro atoms. The van der Waals surface area contributed by atoms with Crippen molar-refractivity contribution in [3.05, 3.63) is 29.8 Å². The van der Waals surface area contributed by atoms with Gasteiger partial charge in [0.25, 0.3) is 0 Å². The summed E-state index contributed by atoms with van der Waals surface area (Å²) in [6, 6.07) is 6.42. The first-order chi connectivity index (χ1) is 8.18. The number of hydrogen-bond donors (Lipinski definition) is 1. The van der Waals surface area contributed by atoms with Crippen LogP contribution in [0.3, 0.4) is 0 Å². The van der Waals surface area contributed by atoms with Crippen molar-refractivity contribution in [2.45, 2.75) is 11.4 Å². The van der Waals surface area contributed by atoms with Gasteiger partial charge < -0.3 is 9.84 Å². The highest BCUT2D eigenvalue weighted by Crippen LogP contribution is 2.47. The third-order valence-electron chi connectivity index (χ3n) is 2.88. The first-order valence-corrected chi connectivity index (χ1v) is 6.17. The molecule has 2 atom stereocenters. The highest BCUT2D eigenvalue weighted by atomic mass is 32.2. The Morgan fingerprint density at radius 3 is 3.00 bits per heavy atom. The number of fused-ring (bicyclic) bond motifs is 3. The maximum absolute atomic E-state index is 11.8. The number of aliphatic carboxylic acids is 1. The number of rotatable bonds is 1. The highest BCUT2D eigenvalue weighted by molar-refractivity contribution is 7.99. The van der Waals surface area contributed by atoms with Gasteiger partial charge in [-0.3, -0.25) is 4.90 Å². The van der Waals surface area contributed by atoms with E-state index >= 15 is 0 Å². The van der Waals surface area contributed by atoms with Crippen LogP contribution in [0, 0.1) is 0 Å². The molecule has 5 nitrogen and oxygen atoms in total. The number of para-hydroxylation sites is 1. The van der Waals surface area contributed by atoms with Crippen molar-refractivity contribution >= 4 is 23.8 Å². The first-order valence-electron chi connectivity index (χ1n) is 5.12. The van der Waals surface area contributed by atoms with Gasteiger partial charge in [-0.15, -0.1) is 11.8 Å². The summed E-state index contributed by atoms with van der Waals surface area (Å²) < 4.78 is 5.14. The molecule has 0 bridgehead atoms. The second-order valence-corrected chi connectivity index (χ2v) is 4.97. The zero-order valence-electron chi connectivity index (χ0n) is 8.70. The molecule has 0 aromatic heterocycles. The first kappa shape index (κ1) is 10.5. The summed E-state index contributed by atoms with van der Waals surface area (Å²) in [7, 11) is 0. The standard InChI is InChI=1S/C11H9NO4S/c13-10(14)7-5-17-9-6-3-1-2-4-8(6)16-11(15)12(7)9/h1-4,7,9H,5H2,(H,13,14)/t7-,9+/m0/s1. The van der Waals surface area contributed by atoms with Gasteiger partial charge in [0, 0.05) is 11.3 Å². The van der Waals surface area contributed by atoms with E-state index in [1.54, 1.807) is 12.1 Å². The molecule has 0 aliphatic carbocycles. The Labute approximate surface area is 101 Å². The van der Waals surface area contributed by atoms with E-state index in [4.69, 9.17) is 9.84 Å². The Balaban J connectivity index is 2.05. The molecule has 0 saturated carbocycles. The average molecular weight is 251 g/mol. The summed E-state index contributed by atoms with van der Waals surface area (Å²) in [6.07, 6.45) is -0.578. The Hall–Kier alpha value is -1.69. The molecule has 1 N–H and O–H groups in total. The number of amides is 1. The summed E-state index contributed by atoms with van der Waals surface area (Å²) in [5.41, 5.74) is 0.862. The number of carboxylic acids is 1. The van der Waals surface area contributed by atoms with Gasteiger partial charge in [-0.1, -0.05) is 18.2 Å². The SMILES string of the molecule is O=C(O)[C@@H]1CS[C@@H]2c3ccccc3OC(=O)N21. The number of carbonyl (C=O) groups is 2. The van der Waals surface area contributed by atoms with Gasteiger partial charge in [-0.2, -0.15) is 0 Å². The summed E-state index contributed by atoms with van der Waals surface area (Å²) in [6.45, 7) is 0. The Morgan fingerprint density at radius 1 is 1.47 bits per heavy atom. The molecular formula is C11H9NO4S. The van der Waals surface area contributed by atoms with Crippen molar-refractivity contribution in [3.63, 3.8) is 0 Å². The Bertz CT molecular complexity index is 504. The molecule has 0 unspecified atom stereocenters. The van der Waals surface area contributed by atoms with Gasteiger partial charge in [0.1, 0.15) is 17.2 Å². The molecule has 1 aromatic carbocycles. The van der Waals surface area contributed by atoms with Crippen LogP contribution in [0.5, 0.6) is 5.75 Å². The Kier molecular flexibility index (Phi) is 2.25. The molecule has 3 rings (SSSR count). The molecule has 0 radical (unpaired) electrons. The molecule has 1 amide bonds. The zero-order chi connectivity index (χ0) is 12.0. The lowest BCUT2D eigenvalue weighted by atomic mass is 10.1. The van der Waals surface area contributed by atoms with Gasteiger partial charge in [0.15, 0.2) is 0 Å². The van der Waals surface area contributed by atoms with Crippen molar-refractivity contribution in [2.75, 3.05) is 5.75 Å². The number of nitrogens with zero attached hydrogens (tertiary/aromatic N) is 1. The van der Waals surface area contributed by atoms with Crippen LogP contribution in [0.1, 0.15) is 10.9 Å². The second-order valence-electron chi connectivity index (χ2n) is 3.85. The van der Waals surface area contributed by atoms with Gasteiger partial charge >= 0.3 is 12.1 Å². The normalized spacial score (nSPS) is 26.1. The minimum atomic E-state index is -0.990. The monoisotopic (exact) mass is 251 g/mol. The average Bonchev–Trinajstić information content (AvgIpc) is 2.74. The second kappa shape index (κ2) is 3.66. The molecule has 1 fully saturated rings. The molecule has 2 aliphatic rings. The highest BCUT2D eigenvalue weighted by Gasteiger charge is 2.47. The van der Waals surface area contributed by atoms with E-state index < -0.39 is 18.1 Å². The van der Waals surface area contributed by atoms with Gasteiger partial charge in [0.05, 0.1) is 0 Å². The van der Waals surface area contributed by atoms with E-state index in [9.17, 15) is 9.59 Å². The van der Waals surface area contributed by atoms with Crippen LogP contribution < -0.4 is 4.74 Å². The quantitative estimate of drug-likeness (QED) is 0.822. The zero-order valence-corrected chi connectivity index (χ0v) is 9.52. The molecule has 6 heteroatoms. The minimum Gasteiger partial charge on any atom is -0.480 e. The van der Waals surface area contributed by atoms with E-state index in [2.05, 4.69) is 0 Å². The number of carbonyl (C=O) groups excluding carboxylic acids is 1. The van der Waals surface area contributed by atoms with Crippen LogP contribution in [0.2, 0.25) is 0 Å². The number of ether oxygens (including phenoxy) is 1. The number of hydrogen-bond acceptors (Lipinski definition) is 4. The fraction of sp³-hybridized carbons (Fsp3) is 0.273. The summed E-state index contributed by atoms with van der Waals surface area (Å²) in [4.78, 5) is 24.1. The Morgan fingerprint density at radius 2 is 2.24 bits per heavy atom. The van der Waals surface area contributed by atoms with E-state index in [1.165, 1.54) is 16.7 Å². The lowest BCUT2D eigenvalue weighted by Crippen LogP contribution is -2.46. The van der Waals surface area contributed by atoms with Gasteiger partial charge in [-0.25, -0.2) is 9.59 Å². The van der Waals surface area contributed by atoms with Crippen LogP contribution in [-0.4, -0.2) is 33.9 Å². The maximum Gasteiger partial charge on any atom is 0.417 e. The topological polar surface area (TPSA) is 66.8 Å². The molecule has 1 aromatic rings. The largest absolute Gasteiger partial charge is 0.480 e. The smallest absolute Gasteiger partial charge is 0.417 e.